The van der Waals surface area contributed by atoms with Crippen LogP contribution in [0.1, 0.15) is 24.4 Å². The summed E-state index contributed by atoms with van der Waals surface area (Å²) >= 11 is 7.79. The van der Waals surface area contributed by atoms with E-state index in [2.05, 4.69) is 20.1 Å². The molecule has 1 aromatic carbocycles. The molecule has 0 amide bonds. The lowest BCUT2D eigenvalue weighted by atomic mass is 9.93. The zero-order chi connectivity index (χ0) is 29.3. The first-order valence-corrected chi connectivity index (χ1v) is 14.6. The second-order valence-electron chi connectivity index (χ2n) is 11.1. The van der Waals surface area contributed by atoms with Crippen LogP contribution in [-0.2, 0) is 25.5 Å². The lowest BCUT2D eigenvalue weighted by molar-refractivity contribution is -0.148. The maximum Gasteiger partial charge on any atom is 0.337 e. The molecule has 3 atom stereocenters. The van der Waals surface area contributed by atoms with Crippen molar-refractivity contribution >= 4 is 40.7 Å². The number of thiazole rings is 1. The van der Waals surface area contributed by atoms with Gasteiger partial charge in [-0.15, -0.1) is 11.3 Å². The molecule has 220 valence electrons. The van der Waals surface area contributed by atoms with Gasteiger partial charge in [0.25, 0.3) is 0 Å². The molecule has 10 nitrogen and oxygen atoms in total. The van der Waals surface area contributed by atoms with Crippen molar-refractivity contribution in [1.82, 2.24) is 20.1 Å². The van der Waals surface area contributed by atoms with Crippen LogP contribution in [0.25, 0.3) is 0 Å². The number of benzene rings is 1. The van der Waals surface area contributed by atoms with E-state index >= 15 is 0 Å². The van der Waals surface area contributed by atoms with Gasteiger partial charge >= 0.3 is 11.9 Å². The number of nitrogens with one attached hydrogen (secondary N) is 1. The van der Waals surface area contributed by atoms with Gasteiger partial charge in [0.2, 0.25) is 0 Å². The third kappa shape index (κ3) is 6.46. The van der Waals surface area contributed by atoms with Gasteiger partial charge in [0.05, 0.1) is 42.9 Å². The number of ether oxygens (including phenoxy) is 2. The third-order valence-corrected chi connectivity index (χ3v) is 8.86. The Labute approximate surface area is 246 Å². The normalized spacial score (nSPS) is 23.6. The molecule has 2 saturated heterocycles. The number of hydrogen-bond acceptors (Lipinski definition) is 10. The lowest BCUT2D eigenvalue weighted by Crippen LogP contribution is -2.53. The van der Waals surface area contributed by atoms with E-state index in [0.29, 0.717) is 67.0 Å². The molecule has 41 heavy (non-hydrogen) atoms. The fraction of sp³-hybridized carbons (Fsp3) is 0.500. The first-order valence-electron chi connectivity index (χ1n) is 13.4. The van der Waals surface area contributed by atoms with Gasteiger partial charge in [-0.3, -0.25) is 19.6 Å². The molecule has 2 aromatic rings. The van der Waals surface area contributed by atoms with Crippen molar-refractivity contribution in [2.75, 3.05) is 46.4 Å². The standard InChI is InChI=1S/C28H33ClFN5O5S/c1-28(2,27(37)38)15-34-13-21-22(14-34)40-8-7-35(21)12-20-23(26(36)39-3)19(10-16-4-5-17(30)11-18(16)29)32-24(33-20)25-31-6-9-41-25/h4-6,9,11,19,21-22H,7-8,10,12-15H2,1-3H3,(H,32,33)(H,37,38)/t19-,21+,22-/m0/s1. The second kappa shape index (κ2) is 12.1. The van der Waals surface area contributed by atoms with E-state index in [0.717, 1.165) is 0 Å². The van der Waals surface area contributed by atoms with Crippen molar-refractivity contribution in [2.45, 2.75) is 38.5 Å². The molecular weight excluding hydrogens is 573 g/mol. The largest absolute Gasteiger partial charge is 0.481 e. The van der Waals surface area contributed by atoms with E-state index < -0.39 is 29.2 Å². The molecule has 5 rings (SSSR count). The van der Waals surface area contributed by atoms with Gasteiger partial charge in [-0.25, -0.2) is 14.2 Å². The fourth-order valence-electron chi connectivity index (χ4n) is 5.64. The molecule has 3 aliphatic rings. The number of aliphatic carboxylic acids is 1. The van der Waals surface area contributed by atoms with Crippen LogP contribution in [0.15, 0.2) is 46.0 Å². The number of carboxylic acids is 1. The van der Waals surface area contributed by atoms with Crippen LogP contribution in [-0.4, -0.2) is 102 Å². The summed E-state index contributed by atoms with van der Waals surface area (Å²) < 4.78 is 25.1. The number of hydrogen-bond donors (Lipinski definition) is 2. The summed E-state index contributed by atoms with van der Waals surface area (Å²) in [6, 6.07) is 3.55. The number of nitrogens with zero attached hydrogens (tertiary/aromatic N) is 4. The van der Waals surface area contributed by atoms with Crippen molar-refractivity contribution in [2.24, 2.45) is 10.4 Å². The number of morpholine rings is 1. The van der Waals surface area contributed by atoms with Crippen LogP contribution in [0, 0.1) is 11.2 Å². The molecule has 2 fully saturated rings. The number of carboxylic acid groups (broad SMARTS) is 1. The number of carbonyl (C=O) groups excluding carboxylic acids is 1. The lowest BCUT2D eigenvalue weighted by Gasteiger charge is -2.38. The Morgan fingerprint density at radius 1 is 1.34 bits per heavy atom. The van der Waals surface area contributed by atoms with Gasteiger partial charge in [-0.05, 0) is 31.5 Å². The third-order valence-electron chi connectivity index (χ3n) is 7.73. The molecule has 2 N–H and O–H groups in total. The van der Waals surface area contributed by atoms with Crippen LogP contribution in [0.5, 0.6) is 0 Å². The van der Waals surface area contributed by atoms with Crippen molar-refractivity contribution in [3.8, 4) is 0 Å². The van der Waals surface area contributed by atoms with Crippen molar-refractivity contribution in [1.29, 1.82) is 0 Å². The first kappa shape index (κ1) is 29.6. The quantitative estimate of drug-likeness (QED) is 0.416. The monoisotopic (exact) mass is 605 g/mol. The van der Waals surface area contributed by atoms with Crippen LogP contribution < -0.4 is 5.32 Å². The summed E-state index contributed by atoms with van der Waals surface area (Å²) in [5.74, 6) is -1.27. The maximum absolute atomic E-state index is 13.8. The number of rotatable bonds is 9. The van der Waals surface area contributed by atoms with E-state index in [9.17, 15) is 19.1 Å². The van der Waals surface area contributed by atoms with Crippen molar-refractivity contribution < 1.29 is 28.6 Å². The topological polar surface area (TPSA) is 117 Å². The predicted molar refractivity (Wildman–Crippen MR) is 153 cm³/mol. The molecule has 0 saturated carbocycles. The number of likely N-dealkylation sites (tertiary alicyclic amines) is 1. The number of methoxy groups -OCH3 is 1. The molecule has 13 heteroatoms. The maximum atomic E-state index is 13.8. The molecule has 0 bridgehead atoms. The molecule has 0 aliphatic carbocycles. The van der Waals surface area contributed by atoms with E-state index in [4.69, 9.17) is 26.1 Å². The Balaban J connectivity index is 1.46. The number of aliphatic imine (C=N–C) groups is 1. The number of halogens is 2. The second-order valence-corrected chi connectivity index (χ2v) is 12.4. The molecule has 0 unspecified atom stereocenters. The highest BCUT2D eigenvalue weighted by Gasteiger charge is 2.43. The van der Waals surface area contributed by atoms with Crippen LogP contribution in [0.4, 0.5) is 4.39 Å². The molecule has 3 aliphatic heterocycles. The smallest absolute Gasteiger partial charge is 0.337 e. The van der Waals surface area contributed by atoms with Crippen molar-refractivity contribution in [3.63, 3.8) is 0 Å². The Kier molecular flexibility index (Phi) is 8.76. The number of carbonyl (C=O) groups is 2. The summed E-state index contributed by atoms with van der Waals surface area (Å²) in [5.41, 5.74) is 0.780. The highest BCUT2D eigenvalue weighted by Crippen LogP contribution is 2.30. The minimum Gasteiger partial charge on any atom is -0.481 e. The average molecular weight is 606 g/mol. The Morgan fingerprint density at radius 3 is 2.83 bits per heavy atom. The highest BCUT2D eigenvalue weighted by molar-refractivity contribution is 7.11. The first-order chi connectivity index (χ1) is 19.6. The molecular formula is C28H33ClFN5O5S. The van der Waals surface area contributed by atoms with Crippen molar-refractivity contribution in [3.05, 3.63) is 62.5 Å². The van der Waals surface area contributed by atoms with E-state index in [1.54, 1.807) is 26.1 Å². The Morgan fingerprint density at radius 2 is 2.15 bits per heavy atom. The van der Waals surface area contributed by atoms with Crippen LogP contribution >= 0.6 is 22.9 Å². The number of amidine groups is 1. The van der Waals surface area contributed by atoms with Gasteiger partial charge in [0.1, 0.15) is 5.82 Å². The summed E-state index contributed by atoms with van der Waals surface area (Å²) in [5, 5.41) is 15.8. The van der Waals surface area contributed by atoms with Gasteiger partial charge in [-0.2, -0.15) is 0 Å². The predicted octanol–water partition coefficient (Wildman–Crippen LogP) is 2.82. The number of esters is 1. The summed E-state index contributed by atoms with van der Waals surface area (Å²) in [7, 11) is 1.33. The Bertz CT molecular complexity index is 1370. The van der Waals surface area contributed by atoms with Crippen LogP contribution in [0.2, 0.25) is 5.02 Å². The van der Waals surface area contributed by atoms with E-state index in [-0.39, 0.29) is 23.6 Å². The summed E-state index contributed by atoms with van der Waals surface area (Å²) in [6.07, 6.45) is 1.87. The van der Waals surface area contributed by atoms with Gasteiger partial charge < -0.3 is 19.9 Å². The number of aromatic nitrogens is 1. The van der Waals surface area contributed by atoms with Gasteiger partial charge in [0, 0.05) is 61.4 Å². The fourth-order valence-corrected chi connectivity index (χ4v) is 6.47. The minimum absolute atomic E-state index is 0.00807. The zero-order valence-corrected chi connectivity index (χ0v) is 24.7. The minimum atomic E-state index is -0.891. The van der Waals surface area contributed by atoms with E-state index in [1.807, 2.05) is 5.38 Å². The number of fused-ring (bicyclic) bond motifs is 1. The SMILES string of the molecule is COC(=O)C1=C(CN2CCO[C@H]3CN(CC(C)(C)C(=O)O)C[C@H]32)NC(c2nccs2)=N[C@H]1Cc1ccc(F)cc1Cl. The molecule has 1 aromatic heterocycles. The molecule has 4 heterocycles. The molecule has 0 spiro atoms. The van der Waals surface area contributed by atoms with Gasteiger partial charge in [-0.1, -0.05) is 17.7 Å². The van der Waals surface area contributed by atoms with Gasteiger partial charge in [0.15, 0.2) is 10.8 Å². The molecule has 0 radical (unpaired) electrons. The highest BCUT2D eigenvalue weighted by atomic mass is 35.5. The summed E-state index contributed by atoms with van der Waals surface area (Å²) in [4.78, 5) is 38.6. The van der Waals surface area contributed by atoms with Crippen LogP contribution in [0.3, 0.4) is 0 Å². The average Bonchev–Trinajstić information content (AvgIpc) is 3.60. The Hall–Kier alpha value is -2.90. The summed E-state index contributed by atoms with van der Waals surface area (Å²) in [6.45, 7) is 6.67. The zero-order valence-electron chi connectivity index (χ0n) is 23.1. The van der Waals surface area contributed by atoms with E-state index in [1.165, 1.54) is 30.6 Å².